The predicted molar refractivity (Wildman–Crippen MR) is 170 cm³/mol. The molecule has 2 aromatic heterocycles. The van der Waals surface area contributed by atoms with Gasteiger partial charge >= 0.3 is 0 Å². The van der Waals surface area contributed by atoms with Gasteiger partial charge in [0.1, 0.15) is 24.4 Å². The largest absolute Gasteiger partial charge is 0.497 e. The lowest BCUT2D eigenvalue weighted by atomic mass is 9.97. The molecule has 1 aliphatic rings. The molecule has 44 heavy (non-hydrogen) atoms. The van der Waals surface area contributed by atoms with Crippen LogP contribution in [0, 0.1) is 5.92 Å². The van der Waals surface area contributed by atoms with Crippen LogP contribution in [-0.2, 0) is 6.61 Å². The number of hydrogen-bond acceptors (Lipinski definition) is 8. The zero-order valence-electron chi connectivity index (χ0n) is 24.6. The molecule has 6 rings (SSSR count). The Balaban J connectivity index is 1.03. The van der Waals surface area contributed by atoms with Gasteiger partial charge in [0.05, 0.1) is 12.8 Å². The molecule has 9 heteroatoms. The number of nitrogens with zero attached hydrogens (tertiary/aromatic N) is 5. The van der Waals surface area contributed by atoms with Gasteiger partial charge < -0.3 is 19.7 Å². The number of carbonyl (C=O) groups excluding carboxylic acids is 1. The maximum atomic E-state index is 13.1. The molecular weight excluding hydrogens is 552 g/mol. The highest BCUT2D eigenvalue weighted by atomic mass is 16.5. The maximum absolute atomic E-state index is 13.1. The molecule has 0 unspecified atom stereocenters. The SMILES string of the molecule is COc1cc(OCc2ccccc2)cc(C(=O)NCC2CCN(c3ncnc(-c4cccc(-c5ccccn5)c4)n3)CC2)c1. The van der Waals surface area contributed by atoms with Crippen molar-refractivity contribution in [2.45, 2.75) is 19.4 Å². The number of ether oxygens (including phenoxy) is 2. The van der Waals surface area contributed by atoms with E-state index >= 15 is 0 Å². The number of carbonyl (C=O) groups is 1. The number of pyridine rings is 1. The summed E-state index contributed by atoms with van der Waals surface area (Å²) in [5.74, 6) is 2.67. The standard InChI is InChI=1S/C35H34N6O3/c1-43-30-19-29(20-31(21-30)44-23-26-8-3-2-4-9-26)34(42)37-22-25-13-16-41(17-14-25)35-39-24-38-33(40-35)28-11-7-10-27(18-28)32-12-5-6-15-36-32/h2-12,15,18-21,24-25H,13-14,16-17,22-23H2,1H3,(H,37,42). The Kier molecular flexibility index (Phi) is 9.01. The van der Waals surface area contributed by atoms with Crippen molar-refractivity contribution in [3.05, 3.63) is 115 Å². The van der Waals surface area contributed by atoms with Crippen molar-refractivity contribution in [3.63, 3.8) is 0 Å². The van der Waals surface area contributed by atoms with E-state index in [0.29, 0.717) is 47.9 Å². The minimum absolute atomic E-state index is 0.147. The molecule has 222 valence electrons. The van der Waals surface area contributed by atoms with Crippen molar-refractivity contribution in [1.82, 2.24) is 25.3 Å². The van der Waals surface area contributed by atoms with E-state index < -0.39 is 0 Å². The molecule has 3 heterocycles. The number of nitrogens with one attached hydrogen (secondary N) is 1. The summed E-state index contributed by atoms with van der Waals surface area (Å²) in [4.78, 5) is 33.4. The van der Waals surface area contributed by atoms with Gasteiger partial charge in [0.2, 0.25) is 5.95 Å². The number of rotatable bonds is 10. The fourth-order valence-corrected chi connectivity index (χ4v) is 5.25. The Morgan fingerprint density at radius 1 is 0.864 bits per heavy atom. The van der Waals surface area contributed by atoms with Gasteiger partial charge in [0.25, 0.3) is 5.91 Å². The van der Waals surface area contributed by atoms with Crippen molar-refractivity contribution in [2.75, 3.05) is 31.6 Å². The van der Waals surface area contributed by atoms with E-state index in [1.807, 2.05) is 66.7 Å². The van der Waals surface area contributed by atoms with Gasteiger partial charge in [-0.1, -0.05) is 54.6 Å². The Hall–Kier alpha value is -5.31. The average Bonchev–Trinajstić information content (AvgIpc) is 3.10. The third-order valence-corrected chi connectivity index (χ3v) is 7.72. The minimum atomic E-state index is -0.147. The number of hydrogen-bond donors (Lipinski definition) is 1. The second-order valence-corrected chi connectivity index (χ2v) is 10.7. The Bertz CT molecular complexity index is 1690. The van der Waals surface area contributed by atoms with E-state index in [9.17, 15) is 4.79 Å². The summed E-state index contributed by atoms with van der Waals surface area (Å²) in [6, 6.07) is 29.1. The van der Waals surface area contributed by atoms with Crippen molar-refractivity contribution >= 4 is 11.9 Å². The fourth-order valence-electron chi connectivity index (χ4n) is 5.25. The van der Waals surface area contributed by atoms with Crippen LogP contribution in [0.5, 0.6) is 11.5 Å². The van der Waals surface area contributed by atoms with E-state index in [1.165, 1.54) is 0 Å². The van der Waals surface area contributed by atoms with Gasteiger partial charge in [-0.05, 0) is 54.7 Å². The zero-order chi connectivity index (χ0) is 30.1. The Morgan fingerprint density at radius 2 is 1.66 bits per heavy atom. The van der Waals surface area contributed by atoms with Crippen LogP contribution in [0.4, 0.5) is 5.95 Å². The van der Waals surface area contributed by atoms with Crippen LogP contribution in [0.25, 0.3) is 22.6 Å². The Labute approximate surface area is 257 Å². The summed E-state index contributed by atoms with van der Waals surface area (Å²) in [6.45, 7) is 2.60. The van der Waals surface area contributed by atoms with E-state index in [1.54, 1.807) is 37.8 Å². The first-order chi connectivity index (χ1) is 21.6. The second kappa shape index (κ2) is 13.8. The highest BCUT2D eigenvalue weighted by Crippen LogP contribution is 2.26. The lowest BCUT2D eigenvalue weighted by Gasteiger charge is -2.32. The minimum Gasteiger partial charge on any atom is -0.497 e. The lowest BCUT2D eigenvalue weighted by Crippen LogP contribution is -2.39. The smallest absolute Gasteiger partial charge is 0.251 e. The number of amides is 1. The van der Waals surface area contributed by atoms with E-state index in [2.05, 4.69) is 31.2 Å². The maximum Gasteiger partial charge on any atom is 0.251 e. The molecular formula is C35H34N6O3. The number of anilines is 1. The third kappa shape index (κ3) is 7.18. The molecule has 3 aromatic carbocycles. The van der Waals surface area contributed by atoms with Gasteiger partial charge in [0, 0.05) is 48.6 Å². The van der Waals surface area contributed by atoms with Gasteiger partial charge in [-0.15, -0.1) is 0 Å². The topological polar surface area (TPSA) is 102 Å². The first-order valence-electron chi connectivity index (χ1n) is 14.7. The van der Waals surface area contributed by atoms with Crippen LogP contribution in [0.15, 0.2) is 104 Å². The van der Waals surface area contributed by atoms with Crippen molar-refractivity contribution < 1.29 is 14.3 Å². The highest BCUT2D eigenvalue weighted by molar-refractivity contribution is 5.95. The summed E-state index contributed by atoms with van der Waals surface area (Å²) >= 11 is 0. The summed E-state index contributed by atoms with van der Waals surface area (Å²) in [5.41, 5.74) is 4.39. The number of methoxy groups -OCH3 is 1. The molecule has 1 saturated heterocycles. The third-order valence-electron chi connectivity index (χ3n) is 7.72. The van der Waals surface area contributed by atoms with Crippen LogP contribution < -0.4 is 19.7 Å². The molecule has 1 amide bonds. The summed E-state index contributed by atoms with van der Waals surface area (Å²) in [6.07, 6.45) is 5.19. The Morgan fingerprint density at radius 3 is 2.45 bits per heavy atom. The van der Waals surface area contributed by atoms with E-state index in [-0.39, 0.29) is 5.91 Å². The van der Waals surface area contributed by atoms with Crippen LogP contribution >= 0.6 is 0 Å². The molecule has 0 atom stereocenters. The lowest BCUT2D eigenvalue weighted by molar-refractivity contribution is 0.0944. The molecule has 0 radical (unpaired) electrons. The van der Waals surface area contributed by atoms with E-state index in [0.717, 1.165) is 48.3 Å². The summed E-state index contributed by atoms with van der Waals surface area (Å²) < 4.78 is 11.4. The quantitative estimate of drug-likeness (QED) is 0.218. The number of benzene rings is 3. The van der Waals surface area contributed by atoms with Crippen molar-refractivity contribution in [1.29, 1.82) is 0 Å². The molecule has 0 bridgehead atoms. The molecule has 0 saturated carbocycles. The normalized spacial score (nSPS) is 13.3. The number of piperidine rings is 1. The molecule has 0 spiro atoms. The first-order valence-corrected chi connectivity index (χ1v) is 14.7. The summed E-state index contributed by atoms with van der Waals surface area (Å²) in [7, 11) is 1.58. The van der Waals surface area contributed by atoms with E-state index in [4.69, 9.17) is 14.5 Å². The fraction of sp³-hybridized carbons (Fsp3) is 0.229. The van der Waals surface area contributed by atoms with Gasteiger partial charge in [0.15, 0.2) is 5.82 Å². The van der Waals surface area contributed by atoms with Crippen molar-refractivity contribution in [3.8, 4) is 34.1 Å². The van der Waals surface area contributed by atoms with Gasteiger partial charge in [-0.2, -0.15) is 4.98 Å². The van der Waals surface area contributed by atoms with Gasteiger partial charge in [-0.25, -0.2) is 9.97 Å². The molecule has 9 nitrogen and oxygen atoms in total. The van der Waals surface area contributed by atoms with Crippen LogP contribution in [0.1, 0.15) is 28.8 Å². The highest BCUT2D eigenvalue weighted by Gasteiger charge is 2.22. The van der Waals surface area contributed by atoms with Crippen LogP contribution in [0.3, 0.4) is 0 Å². The van der Waals surface area contributed by atoms with Crippen LogP contribution in [0.2, 0.25) is 0 Å². The monoisotopic (exact) mass is 586 g/mol. The average molecular weight is 587 g/mol. The van der Waals surface area contributed by atoms with Crippen molar-refractivity contribution in [2.24, 2.45) is 5.92 Å². The number of aromatic nitrogens is 4. The zero-order valence-corrected chi connectivity index (χ0v) is 24.6. The molecule has 0 aliphatic carbocycles. The molecule has 1 N–H and O–H groups in total. The second-order valence-electron chi connectivity index (χ2n) is 10.7. The van der Waals surface area contributed by atoms with Crippen LogP contribution in [-0.4, -0.2) is 52.6 Å². The summed E-state index contributed by atoms with van der Waals surface area (Å²) in [5, 5.41) is 3.11. The first kappa shape index (κ1) is 28.8. The molecule has 1 aliphatic heterocycles. The molecule has 5 aromatic rings. The predicted octanol–water partition coefficient (Wildman–Crippen LogP) is 5.83. The molecule has 1 fully saturated rings. The van der Waals surface area contributed by atoms with Gasteiger partial charge in [-0.3, -0.25) is 9.78 Å².